The van der Waals surface area contributed by atoms with E-state index in [1.165, 1.54) is 46.9 Å². The minimum absolute atomic E-state index is 0.0453. The van der Waals surface area contributed by atoms with Crippen LogP contribution in [-0.4, -0.2) is 5.80 Å². The van der Waals surface area contributed by atoms with Gasteiger partial charge in [-0.2, -0.15) is 0 Å². The minimum Gasteiger partial charge on any atom is -0.657 e. The van der Waals surface area contributed by atoms with Crippen molar-refractivity contribution < 1.29 is 0 Å². The van der Waals surface area contributed by atoms with Gasteiger partial charge in [0, 0.05) is 5.30 Å². The van der Waals surface area contributed by atoms with E-state index in [0.29, 0.717) is 11.8 Å². The third-order valence-corrected chi connectivity index (χ3v) is 8.58. The smallest absolute Gasteiger partial charge is 0.00929 e. The highest BCUT2D eigenvalue weighted by molar-refractivity contribution is 7.48. The van der Waals surface area contributed by atoms with Crippen molar-refractivity contribution in [3.63, 3.8) is 0 Å². The zero-order valence-electron chi connectivity index (χ0n) is 26.8. The third-order valence-electron chi connectivity index (χ3n) is 7.44. The van der Waals surface area contributed by atoms with Gasteiger partial charge in [0.1, 0.15) is 0 Å². The molecule has 0 saturated heterocycles. The highest BCUT2D eigenvalue weighted by Crippen LogP contribution is 2.43. The molecular formula is C37H51NP-. The second-order valence-corrected chi connectivity index (χ2v) is 15.7. The van der Waals surface area contributed by atoms with Gasteiger partial charge >= 0.3 is 0 Å². The SMILES string of the molecule is CC(C)c1cccc(C(C)C)c1[N-]c1ccccc1C=Pc1c(C(C)(C)C)cc(C(C)(C)C)cc1C(C)(C)C. The monoisotopic (exact) mass is 540 g/mol. The first-order valence-electron chi connectivity index (χ1n) is 14.6. The van der Waals surface area contributed by atoms with Crippen molar-refractivity contribution in [1.29, 1.82) is 0 Å². The molecule has 0 unspecified atom stereocenters. The maximum absolute atomic E-state index is 5.35. The van der Waals surface area contributed by atoms with Crippen LogP contribution in [-0.2, 0) is 16.2 Å². The van der Waals surface area contributed by atoms with Crippen molar-refractivity contribution in [2.24, 2.45) is 0 Å². The van der Waals surface area contributed by atoms with Crippen LogP contribution in [0.4, 0.5) is 11.4 Å². The Morgan fingerprint density at radius 1 is 0.641 bits per heavy atom. The molecule has 210 valence electrons. The second-order valence-electron chi connectivity index (χ2n) is 14.7. The summed E-state index contributed by atoms with van der Waals surface area (Å²) in [6.07, 6.45) is 0. The van der Waals surface area contributed by atoms with E-state index in [0.717, 1.165) is 11.4 Å². The highest BCUT2D eigenvalue weighted by atomic mass is 31.1. The van der Waals surface area contributed by atoms with E-state index < -0.39 is 0 Å². The summed E-state index contributed by atoms with van der Waals surface area (Å²) in [6.45, 7) is 30.1. The third kappa shape index (κ3) is 7.43. The Bertz CT molecular complexity index is 1260. The summed E-state index contributed by atoms with van der Waals surface area (Å²) in [5.41, 5.74) is 10.5. The van der Waals surface area contributed by atoms with Crippen LogP contribution in [0, 0.1) is 0 Å². The van der Waals surface area contributed by atoms with Gasteiger partial charge in [-0.15, -0.1) is 11.4 Å². The van der Waals surface area contributed by atoms with Gasteiger partial charge in [-0.05, 0) is 56.1 Å². The molecule has 0 amide bonds. The summed E-state index contributed by atoms with van der Waals surface area (Å²) >= 11 is 0. The normalized spacial score (nSPS) is 13.1. The van der Waals surface area contributed by atoms with Gasteiger partial charge in [0.05, 0.1) is 0 Å². The quantitative estimate of drug-likeness (QED) is 0.276. The van der Waals surface area contributed by atoms with Crippen LogP contribution in [0.2, 0.25) is 0 Å². The first kappa shape index (κ1) is 31.2. The van der Waals surface area contributed by atoms with Crippen LogP contribution in [0.25, 0.3) is 5.32 Å². The summed E-state index contributed by atoms with van der Waals surface area (Å²) in [5, 5.41) is 6.78. The molecule has 0 radical (unpaired) electrons. The highest BCUT2D eigenvalue weighted by Gasteiger charge is 2.28. The molecule has 3 rings (SSSR count). The Balaban J connectivity index is 2.20. The molecular weight excluding hydrogens is 489 g/mol. The van der Waals surface area contributed by atoms with Crippen LogP contribution in [0.5, 0.6) is 0 Å². The van der Waals surface area contributed by atoms with Gasteiger partial charge in [0.25, 0.3) is 0 Å². The fraction of sp³-hybridized carbons (Fsp3) is 0.486. The lowest BCUT2D eigenvalue weighted by atomic mass is 9.75. The van der Waals surface area contributed by atoms with E-state index in [1.807, 2.05) is 0 Å². The fourth-order valence-electron chi connectivity index (χ4n) is 4.94. The molecule has 0 N–H and O–H groups in total. The summed E-state index contributed by atoms with van der Waals surface area (Å²) in [7, 11) is 1.21. The van der Waals surface area contributed by atoms with Crippen molar-refractivity contribution in [3.8, 4) is 0 Å². The summed E-state index contributed by atoms with van der Waals surface area (Å²) in [6, 6.07) is 20.2. The summed E-state index contributed by atoms with van der Waals surface area (Å²) < 4.78 is 0. The number of hydrogen-bond acceptors (Lipinski definition) is 0. The molecule has 3 aromatic rings. The number of rotatable bonds is 6. The van der Waals surface area contributed by atoms with Crippen LogP contribution >= 0.6 is 8.20 Å². The average molecular weight is 541 g/mol. The molecule has 0 spiro atoms. The zero-order valence-corrected chi connectivity index (χ0v) is 27.7. The van der Waals surface area contributed by atoms with E-state index >= 15 is 0 Å². The number of benzene rings is 3. The van der Waals surface area contributed by atoms with Gasteiger partial charge in [-0.1, -0.05) is 164 Å². The largest absolute Gasteiger partial charge is 0.657 e. The number of para-hydroxylation sites is 2. The van der Waals surface area contributed by atoms with Crippen molar-refractivity contribution in [2.45, 2.75) is 118 Å². The molecule has 0 aliphatic heterocycles. The van der Waals surface area contributed by atoms with E-state index in [4.69, 9.17) is 5.32 Å². The second kappa shape index (κ2) is 11.6. The minimum atomic E-state index is 0.0453. The molecule has 0 atom stereocenters. The molecule has 39 heavy (non-hydrogen) atoms. The topological polar surface area (TPSA) is 14.1 Å². The molecule has 2 heteroatoms. The van der Waals surface area contributed by atoms with Gasteiger partial charge in [0.15, 0.2) is 0 Å². The summed E-state index contributed by atoms with van der Waals surface area (Å²) in [4.78, 5) is 0. The Morgan fingerprint density at radius 3 is 1.56 bits per heavy atom. The lowest BCUT2D eigenvalue weighted by Crippen LogP contribution is -2.29. The Kier molecular flexibility index (Phi) is 9.29. The lowest BCUT2D eigenvalue weighted by Gasteiger charge is -2.33. The predicted octanol–water partition coefficient (Wildman–Crippen LogP) is 11.6. The van der Waals surface area contributed by atoms with E-state index in [1.54, 1.807) is 0 Å². The Morgan fingerprint density at radius 2 is 1.13 bits per heavy atom. The van der Waals surface area contributed by atoms with Crippen molar-refractivity contribution >= 4 is 30.7 Å². The molecule has 0 aliphatic carbocycles. The van der Waals surface area contributed by atoms with Gasteiger partial charge in [-0.3, -0.25) is 0 Å². The first-order valence-corrected chi connectivity index (χ1v) is 15.5. The first-order chi connectivity index (χ1) is 17.9. The average Bonchev–Trinajstić information content (AvgIpc) is 2.81. The molecule has 1 nitrogen and oxygen atoms in total. The van der Waals surface area contributed by atoms with Crippen LogP contribution in [0.3, 0.4) is 0 Å². The zero-order chi connectivity index (χ0) is 29.3. The van der Waals surface area contributed by atoms with Gasteiger partial charge in [-0.25, -0.2) is 0 Å². The molecule has 3 aromatic carbocycles. The van der Waals surface area contributed by atoms with Crippen molar-refractivity contribution in [1.82, 2.24) is 0 Å². The molecule has 0 aromatic heterocycles. The predicted molar refractivity (Wildman–Crippen MR) is 178 cm³/mol. The van der Waals surface area contributed by atoms with Crippen molar-refractivity contribution in [2.75, 3.05) is 0 Å². The molecule has 0 aliphatic rings. The van der Waals surface area contributed by atoms with Crippen LogP contribution < -0.4 is 5.30 Å². The molecule has 0 fully saturated rings. The van der Waals surface area contributed by atoms with Crippen molar-refractivity contribution in [3.05, 3.63) is 93.3 Å². The summed E-state index contributed by atoms with van der Waals surface area (Å²) in [5.74, 6) is 3.21. The standard InChI is InChI=1S/C37H51NP/c1-24(2)28-18-16-19-29(25(3)4)33(28)38-32-20-15-14-17-26(32)23-39-34-30(36(8,9)10)21-27(35(5,6)7)22-31(34)37(11,12)13/h14-25H,1-13H3/q-1. The Labute approximate surface area is 241 Å². The van der Waals surface area contributed by atoms with E-state index in [2.05, 4.69) is 150 Å². The van der Waals surface area contributed by atoms with Gasteiger partial charge < -0.3 is 5.32 Å². The lowest BCUT2D eigenvalue weighted by molar-refractivity contribution is 0.554. The maximum Gasteiger partial charge on any atom is 0.00929 e. The van der Waals surface area contributed by atoms with E-state index in [9.17, 15) is 0 Å². The maximum atomic E-state index is 5.35. The molecule has 0 heterocycles. The molecule has 0 saturated carbocycles. The van der Waals surface area contributed by atoms with E-state index in [-0.39, 0.29) is 16.2 Å². The fourth-order valence-corrected chi connectivity index (χ4v) is 6.51. The van der Waals surface area contributed by atoms with Gasteiger partial charge in [0.2, 0.25) is 0 Å². The Hall–Kier alpha value is -2.37. The van der Waals surface area contributed by atoms with Crippen LogP contribution in [0.1, 0.15) is 135 Å². The molecule has 0 bridgehead atoms. The van der Waals surface area contributed by atoms with Crippen LogP contribution in [0.15, 0.2) is 54.6 Å². The number of nitrogens with zero attached hydrogens (tertiary/aromatic N) is 1. The number of hydrogen-bond donors (Lipinski definition) is 0.